The topological polar surface area (TPSA) is 17.1 Å². The molecule has 0 bridgehead atoms. The molecule has 0 saturated heterocycles. The lowest BCUT2D eigenvalue weighted by Gasteiger charge is -2.14. The molecule has 0 unspecified atom stereocenters. The third-order valence-electron chi connectivity index (χ3n) is 1.81. The van der Waals surface area contributed by atoms with E-state index in [0.717, 1.165) is 0 Å². The average Bonchev–Trinajstić information content (AvgIpc) is 2.15. The molecule has 0 aliphatic rings. The van der Waals surface area contributed by atoms with Crippen LogP contribution in [0.3, 0.4) is 0 Å². The monoisotopic (exact) mass is 260 g/mol. The minimum absolute atomic E-state index is 0.0577. The Balaban J connectivity index is 3.31. The van der Waals surface area contributed by atoms with Gasteiger partial charge in [0.2, 0.25) is 5.78 Å². The molecule has 1 nitrogen and oxygen atoms in total. The molecule has 17 heavy (non-hydrogen) atoms. The molecule has 0 heterocycles. The second-order valence-corrected chi connectivity index (χ2v) is 3.00. The van der Waals surface area contributed by atoms with Crippen molar-refractivity contribution < 1.29 is 35.5 Å². The first kappa shape index (κ1) is 13.5. The molecule has 1 aromatic rings. The Morgan fingerprint density at radius 1 is 1.06 bits per heavy atom. The zero-order valence-electron chi connectivity index (χ0n) is 7.79. The molecule has 0 radical (unpaired) electrons. The molecule has 1 aromatic carbocycles. The van der Waals surface area contributed by atoms with Gasteiger partial charge in [0.25, 0.3) is 0 Å². The highest BCUT2D eigenvalue weighted by atomic mass is 19.3. The number of rotatable bonds is 3. The highest BCUT2D eigenvalue weighted by Crippen LogP contribution is 2.29. The Morgan fingerprint density at radius 2 is 1.47 bits per heavy atom. The summed E-state index contributed by atoms with van der Waals surface area (Å²) >= 11 is 0. The number of ketones is 1. The van der Waals surface area contributed by atoms with Crippen LogP contribution in [0, 0.1) is 17.5 Å². The summed E-state index contributed by atoms with van der Waals surface area (Å²) in [6.07, 6.45) is -4.42. The van der Waals surface area contributed by atoms with Crippen molar-refractivity contribution in [1.29, 1.82) is 0 Å². The van der Waals surface area contributed by atoms with Crippen LogP contribution in [0.4, 0.5) is 30.7 Å². The van der Waals surface area contributed by atoms with Crippen LogP contribution in [0.1, 0.15) is 10.4 Å². The van der Waals surface area contributed by atoms with Gasteiger partial charge in [-0.2, -0.15) is 8.78 Å². The van der Waals surface area contributed by atoms with Crippen LogP contribution >= 0.6 is 0 Å². The summed E-state index contributed by atoms with van der Waals surface area (Å²) in [5.74, 6) is -13.4. The van der Waals surface area contributed by atoms with Gasteiger partial charge in [-0.15, -0.1) is 0 Å². The van der Waals surface area contributed by atoms with Crippen LogP contribution < -0.4 is 0 Å². The second-order valence-electron chi connectivity index (χ2n) is 3.00. The van der Waals surface area contributed by atoms with E-state index in [4.69, 9.17) is 0 Å². The lowest BCUT2D eigenvalue weighted by Crippen LogP contribution is -2.37. The summed E-state index contributed by atoms with van der Waals surface area (Å²) in [7, 11) is 0. The van der Waals surface area contributed by atoms with Gasteiger partial charge in [-0.05, 0) is 0 Å². The number of carbonyl (C=O) groups is 1. The zero-order valence-corrected chi connectivity index (χ0v) is 7.79. The van der Waals surface area contributed by atoms with E-state index < -0.39 is 41.1 Å². The van der Waals surface area contributed by atoms with Gasteiger partial charge < -0.3 is 0 Å². The molecular weight excluding hydrogens is 257 g/mol. The molecule has 0 spiro atoms. The van der Waals surface area contributed by atoms with E-state index in [9.17, 15) is 35.5 Å². The maximum absolute atomic E-state index is 12.9. The van der Waals surface area contributed by atoms with Gasteiger partial charge in [-0.3, -0.25) is 4.79 Å². The molecule has 1 rings (SSSR count). The molecule has 0 aliphatic heterocycles. The molecule has 0 aliphatic carbocycles. The summed E-state index contributed by atoms with van der Waals surface area (Å²) in [6, 6.07) is -0.115. The van der Waals surface area contributed by atoms with Crippen LogP contribution in [-0.4, -0.2) is 18.1 Å². The molecule has 0 saturated carbocycles. The molecule has 0 fully saturated rings. The van der Waals surface area contributed by atoms with E-state index in [2.05, 4.69) is 0 Å². The van der Waals surface area contributed by atoms with E-state index in [1.54, 1.807) is 0 Å². The van der Waals surface area contributed by atoms with Crippen molar-refractivity contribution in [1.82, 2.24) is 0 Å². The van der Waals surface area contributed by atoms with Gasteiger partial charge in [0.05, 0.1) is 5.56 Å². The van der Waals surface area contributed by atoms with Gasteiger partial charge in [0, 0.05) is 12.1 Å². The van der Waals surface area contributed by atoms with Crippen molar-refractivity contribution in [2.45, 2.75) is 12.3 Å². The van der Waals surface area contributed by atoms with Crippen LogP contribution in [0.2, 0.25) is 0 Å². The van der Waals surface area contributed by atoms with Gasteiger partial charge >= 0.3 is 12.3 Å². The van der Waals surface area contributed by atoms with Crippen molar-refractivity contribution in [3.8, 4) is 0 Å². The zero-order chi connectivity index (χ0) is 13.4. The summed E-state index contributed by atoms with van der Waals surface area (Å²) < 4.78 is 86.9. The van der Waals surface area contributed by atoms with Crippen LogP contribution in [-0.2, 0) is 0 Å². The Bertz CT molecular complexity index is 432. The average molecular weight is 260 g/mol. The third-order valence-corrected chi connectivity index (χ3v) is 1.81. The predicted molar refractivity (Wildman–Crippen MR) is 41.6 cm³/mol. The Morgan fingerprint density at radius 3 is 1.82 bits per heavy atom. The molecule has 8 heteroatoms. The van der Waals surface area contributed by atoms with Gasteiger partial charge in [-0.1, -0.05) is 0 Å². The lowest BCUT2D eigenvalue weighted by atomic mass is 10.0. The molecule has 0 aromatic heterocycles. The Labute approximate surface area is 89.8 Å². The number of benzene rings is 1. The molecule has 0 atom stereocenters. The number of halogens is 7. The lowest BCUT2D eigenvalue weighted by molar-refractivity contribution is -0.0961. The minimum atomic E-state index is -5.24. The minimum Gasteiger partial charge on any atom is -0.287 e. The van der Waals surface area contributed by atoms with Gasteiger partial charge in [0.1, 0.15) is 17.5 Å². The normalized spacial score (nSPS) is 12.0. The van der Waals surface area contributed by atoms with E-state index in [-0.39, 0.29) is 12.1 Å². The molecular formula is C9H3F7O. The molecule has 0 amide bonds. The summed E-state index contributed by atoms with van der Waals surface area (Å²) in [6.45, 7) is 0. The summed E-state index contributed by atoms with van der Waals surface area (Å²) in [4.78, 5) is 10.8. The highest BCUT2D eigenvalue weighted by molar-refractivity contribution is 6.02. The van der Waals surface area contributed by atoms with Gasteiger partial charge in [0.15, 0.2) is 0 Å². The van der Waals surface area contributed by atoms with Crippen LogP contribution in [0.25, 0.3) is 0 Å². The van der Waals surface area contributed by atoms with Crippen LogP contribution in [0.15, 0.2) is 12.1 Å². The van der Waals surface area contributed by atoms with E-state index in [0.29, 0.717) is 0 Å². The van der Waals surface area contributed by atoms with E-state index in [1.807, 2.05) is 0 Å². The van der Waals surface area contributed by atoms with Crippen molar-refractivity contribution in [2.24, 2.45) is 0 Å². The summed E-state index contributed by atoms with van der Waals surface area (Å²) in [5.41, 5.74) is -1.89. The number of hydrogen-bond donors (Lipinski definition) is 0. The van der Waals surface area contributed by atoms with Crippen molar-refractivity contribution >= 4 is 5.78 Å². The first-order chi connectivity index (χ1) is 7.67. The van der Waals surface area contributed by atoms with Crippen molar-refractivity contribution in [3.05, 3.63) is 35.1 Å². The number of Topliss-reactive ketones (excluding diaryl/α,β-unsaturated/α-hetero) is 1. The largest absolute Gasteiger partial charge is 0.369 e. The third kappa shape index (κ3) is 2.40. The first-order valence-corrected chi connectivity index (χ1v) is 4.03. The number of hydrogen-bond acceptors (Lipinski definition) is 1. The molecule has 94 valence electrons. The Hall–Kier alpha value is -1.60. The fourth-order valence-corrected chi connectivity index (χ4v) is 1.02. The maximum Gasteiger partial charge on any atom is 0.369 e. The SMILES string of the molecule is O=C(c1c(F)cc(F)cc1F)C(F)(F)C(F)F. The van der Waals surface area contributed by atoms with E-state index in [1.165, 1.54) is 0 Å². The fourth-order valence-electron chi connectivity index (χ4n) is 1.02. The smallest absolute Gasteiger partial charge is 0.287 e. The number of alkyl halides is 4. The highest BCUT2D eigenvalue weighted by Gasteiger charge is 2.50. The van der Waals surface area contributed by atoms with E-state index >= 15 is 0 Å². The maximum atomic E-state index is 12.9. The molecule has 0 N–H and O–H groups in total. The predicted octanol–water partition coefficient (Wildman–Crippen LogP) is 3.19. The number of carbonyl (C=O) groups excluding carboxylic acids is 1. The van der Waals surface area contributed by atoms with Crippen molar-refractivity contribution in [2.75, 3.05) is 0 Å². The van der Waals surface area contributed by atoms with Crippen molar-refractivity contribution in [3.63, 3.8) is 0 Å². The Kier molecular flexibility index (Phi) is 3.44. The first-order valence-electron chi connectivity index (χ1n) is 4.03. The second kappa shape index (κ2) is 4.34. The van der Waals surface area contributed by atoms with Gasteiger partial charge in [-0.25, -0.2) is 22.0 Å². The quantitative estimate of drug-likeness (QED) is 0.602. The fraction of sp³-hybridized carbons (Fsp3) is 0.222. The summed E-state index contributed by atoms with van der Waals surface area (Å²) in [5, 5.41) is 0. The standard InChI is InChI=1S/C9H3F7O/c10-3-1-4(11)6(5(12)2-3)7(17)9(15,16)8(13)14/h1-2,8H. The van der Waals surface area contributed by atoms with Crippen LogP contribution in [0.5, 0.6) is 0 Å².